The molecule has 0 fully saturated rings. The zero-order valence-electron chi connectivity index (χ0n) is 16.0. The van der Waals surface area contributed by atoms with E-state index in [9.17, 15) is 9.59 Å². The van der Waals surface area contributed by atoms with E-state index in [1.807, 2.05) is 68.6 Å². The Labute approximate surface area is 167 Å². The number of thioether (sulfide) groups is 1. The maximum absolute atomic E-state index is 13.1. The molecule has 6 nitrogen and oxygen atoms in total. The van der Waals surface area contributed by atoms with Crippen LogP contribution >= 0.6 is 11.8 Å². The lowest BCUT2D eigenvalue weighted by molar-refractivity contribution is -0.763. The number of hydrogen-bond acceptors (Lipinski definition) is 4. The first kappa shape index (κ1) is 18.4. The number of H-pyrrole nitrogens is 1. The molecule has 2 heterocycles. The minimum atomic E-state index is -0.522. The molecule has 1 amide bonds. The summed E-state index contributed by atoms with van der Waals surface area (Å²) in [4.78, 5) is 30.7. The molecule has 0 saturated heterocycles. The predicted octanol–water partition coefficient (Wildman–Crippen LogP) is 3.06. The van der Waals surface area contributed by atoms with Crippen LogP contribution in [-0.4, -0.2) is 22.2 Å². The van der Waals surface area contributed by atoms with E-state index in [1.54, 1.807) is 9.58 Å². The van der Waals surface area contributed by atoms with Crippen molar-refractivity contribution < 1.29 is 9.48 Å². The number of fused-ring (bicyclic) bond motifs is 3. The van der Waals surface area contributed by atoms with Crippen molar-refractivity contribution in [3.05, 3.63) is 70.0 Å². The zero-order chi connectivity index (χ0) is 19.8. The highest BCUT2D eigenvalue weighted by Gasteiger charge is 2.45. The largest absolute Gasteiger partial charge is 0.325 e. The van der Waals surface area contributed by atoms with Gasteiger partial charge in [-0.2, -0.15) is 0 Å². The van der Waals surface area contributed by atoms with E-state index in [0.29, 0.717) is 22.8 Å². The quantitative estimate of drug-likeness (QED) is 0.548. The summed E-state index contributed by atoms with van der Waals surface area (Å²) >= 11 is 1.36. The first-order chi connectivity index (χ1) is 13.6. The summed E-state index contributed by atoms with van der Waals surface area (Å²) in [5.41, 5.74) is 3.65. The number of aryl methyl sites for hydroxylation is 1. The fourth-order valence-electron chi connectivity index (χ4n) is 3.66. The van der Waals surface area contributed by atoms with Gasteiger partial charge in [0.1, 0.15) is 0 Å². The number of nitrogens with one attached hydrogen (secondary N) is 1. The molecule has 1 aromatic heterocycles. The van der Waals surface area contributed by atoms with Gasteiger partial charge in [-0.1, -0.05) is 49.0 Å². The lowest BCUT2D eigenvalue weighted by atomic mass is 9.98. The molecule has 1 atom stereocenters. The Hall–Kier alpha value is -2.93. The fourth-order valence-corrected chi connectivity index (χ4v) is 4.03. The van der Waals surface area contributed by atoms with Gasteiger partial charge in [-0.25, -0.2) is 4.90 Å². The van der Waals surface area contributed by atoms with Gasteiger partial charge in [0, 0.05) is 17.1 Å². The summed E-state index contributed by atoms with van der Waals surface area (Å²) in [7, 11) is 0. The molecule has 142 valence electrons. The second-order valence-corrected chi connectivity index (χ2v) is 7.42. The number of anilines is 1. The van der Waals surface area contributed by atoms with Gasteiger partial charge in [0.15, 0.2) is 0 Å². The average Bonchev–Trinajstić information content (AvgIpc) is 2.72. The number of aromatic nitrogens is 3. The summed E-state index contributed by atoms with van der Waals surface area (Å²) in [5, 5.41) is 5.20. The number of carbonyl (C=O) groups excluding carboxylic acids is 1. The van der Waals surface area contributed by atoms with Crippen LogP contribution in [-0.2, 0) is 4.79 Å². The maximum Gasteiger partial charge on any atom is 0.325 e. The Morgan fingerprint density at radius 2 is 1.93 bits per heavy atom. The van der Waals surface area contributed by atoms with Gasteiger partial charge in [-0.3, -0.25) is 14.6 Å². The monoisotopic (exact) mass is 393 g/mol. The zero-order valence-corrected chi connectivity index (χ0v) is 16.8. The third-order valence-electron chi connectivity index (χ3n) is 4.99. The first-order valence-corrected chi connectivity index (χ1v) is 10.4. The Bertz CT molecular complexity index is 1130. The Morgan fingerprint density at radius 1 is 1.21 bits per heavy atom. The lowest BCUT2D eigenvalue weighted by Gasteiger charge is -2.32. The smallest absolute Gasteiger partial charge is 0.291 e. The van der Waals surface area contributed by atoms with Gasteiger partial charge in [0.2, 0.25) is 11.1 Å². The first-order valence-electron chi connectivity index (χ1n) is 9.14. The van der Waals surface area contributed by atoms with Gasteiger partial charge in [-0.15, -0.1) is 0 Å². The van der Waals surface area contributed by atoms with Crippen LogP contribution in [0.25, 0.3) is 11.3 Å². The van der Waals surface area contributed by atoms with E-state index >= 15 is 0 Å². The number of amides is 1. The summed E-state index contributed by atoms with van der Waals surface area (Å²) in [5.74, 6) is -0.0216. The fraction of sp³-hybridized carbons (Fsp3) is 0.238. The topological polar surface area (TPSA) is 69.9 Å². The van der Waals surface area contributed by atoms with E-state index in [1.165, 1.54) is 11.8 Å². The van der Waals surface area contributed by atoms with Crippen molar-refractivity contribution in [3.63, 3.8) is 0 Å². The van der Waals surface area contributed by atoms with Crippen LogP contribution in [0.5, 0.6) is 0 Å². The van der Waals surface area contributed by atoms with Crippen LogP contribution in [0, 0.1) is 6.92 Å². The third kappa shape index (κ3) is 2.82. The maximum atomic E-state index is 13.1. The summed E-state index contributed by atoms with van der Waals surface area (Å²) < 4.78 is 1.70. The van der Waals surface area contributed by atoms with Crippen molar-refractivity contribution in [1.29, 1.82) is 0 Å². The Morgan fingerprint density at radius 3 is 2.64 bits per heavy atom. The number of rotatable bonds is 3. The second-order valence-electron chi connectivity index (χ2n) is 6.62. The molecule has 4 rings (SSSR count). The van der Waals surface area contributed by atoms with Crippen molar-refractivity contribution in [3.8, 4) is 11.3 Å². The van der Waals surface area contributed by atoms with E-state index < -0.39 is 6.17 Å². The number of para-hydroxylation sites is 1. The minimum Gasteiger partial charge on any atom is -0.291 e. The summed E-state index contributed by atoms with van der Waals surface area (Å²) in [6.45, 7) is 3.85. The Kier molecular flexibility index (Phi) is 4.77. The van der Waals surface area contributed by atoms with E-state index in [0.717, 1.165) is 16.8 Å². The molecule has 3 aromatic rings. The third-order valence-corrected chi connectivity index (χ3v) is 5.56. The van der Waals surface area contributed by atoms with Crippen molar-refractivity contribution in [2.24, 2.45) is 0 Å². The standard InChI is InChI=1S/C21H20N4O2S/c1-4-17(26)24-16-12-8-7-11-15(16)18-19(27)22-21(28-3)23-25(18)20(24)14-10-6-5-9-13(14)2/h5-12,20H,4H2,1-3H3/p+1. The molecular formula is C21H21N4O2S+. The molecule has 1 aliphatic heterocycles. The second kappa shape index (κ2) is 7.24. The minimum absolute atomic E-state index is 0.0216. The Balaban J connectivity index is 2.12. The van der Waals surface area contributed by atoms with Crippen LogP contribution in [0.3, 0.4) is 0 Å². The summed E-state index contributed by atoms with van der Waals surface area (Å²) in [6.07, 6.45) is 1.69. The molecule has 0 spiro atoms. The van der Waals surface area contributed by atoms with Gasteiger partial charge in [0.05, 0.1) is 11.3 Å². The lowest BCUT2D eigenvalue weighted by Crippen LogP contribution is -2.61. The molecular weight excluding hydrogens is 372 g/mol. The van der Waals surface area contributed by atoms with Crippen molar-refractivity contribution in [1.82, 2.24) is 10.1 Å². The normalized spacial score (nSPS) is 15.1. The van der Waals surface area contributed by atoms with Crippen LogP contribution in [0.1, 0.15) is 30.6 Å². The predicted molar refractivity (Wildman–Crippen MR) is 109 cm³/mol. The van der Waals surface area contributed by atoms with Gasteiger partial charge in [-0.05, 0) is 41.6 Å². The number of aromatic amines is 1. The SMILES string of the molecule is CCC(=O)N1c2ccccc2-c2c(=O)[nH]c(SC)n[n+]2C1c1ccccc1C. The van der Waals surface area contributed by atoms with Crippen LogP contribution in [0.15, 0.2) is 58.5 Å². The molecule has 28 heavy (non-hydrogen) atoms. The number of benzene rings is 2. The van der Waals surface area contributed by atoms with E-state index in [2.05, 4.69) is 10.1 Å². The van der Waals surface area contributed by atoms with Crippen LogP contribution in [0.4, 0.5) is 5.69 Å². The molecule has 1 N–H and O–H groups in total. The molecule has 0 bridgehead atoms. The molecule has 7 heteroatoms. The van der Waals surface area contributed by atoms with Crippen LogP contribution < -0.4 is 15.1 Å². The van der Waals surface area contributed by atoms with Crippen molar-refractivity contribution >= 4 is 23.4 Å². The highest BCUT2D eigenvalue weighted by molar-refractivity contribution is 7.98. The van der Waals surface area contributed by atoms with Gasteiger partial charge in [0.25, 0.3) is 6.17 Å². The number of nitrogens with zero attached hydrogens (tertiary/aromatic N) is 3. The van der Waals surface area contributed by atoms with E-state index in [-0.39, 0.29) is 11.5 Å². The molecule has 1 unspecified atom stereocenters. The van der Waals surface area contributed by atoms with Gasteiger partial charge >= 0.3 is 11.3 Å². The van der Waals surface area contributed by atoms with E-state index in [4.69, 9.17) is 0 Å². The highest BCUT2D eigenvalue weighted by Crippen LogP contribution is 2.38. The molecule has 0 aliphatic carbocycles. The number of hydrogen-bond donors (Lipinski definition) is 1. The van der Waals surface area contributed by atoms with Crippen molar-refractivity contribution in [2.45, 2.75) is 31.6 Å². The molecule has 0 radical (unpaired) electrons. The molecule has 1 aliphatic rings. The number of carbonyl (C=O) groups is 1. The summed E-state index contributed by atoms with van der Waals surface area (Å²) in [6, 6.07) is 15.4. The molecule has 0 saturated carbocycles. The average molecular weight is 393 g/mol. The van der Waals surface area contributed by atoms with Crippen molar-refractivity contribution in [2.75, 3.05) is 11.2 Å². The van der Waals surface area contributed by atoms with Crippen LogP contribution in [0.2, 0.25) is 0 Å². The highest BCUT2D eigenvalue weighted by atomic mass is 32.2. The van der Waals surface area contributed by atoms with Gasteiger partial charge < -0.3 is 0 Å². The molecule has 2 aromatic carbocycles.